The third-order valence-corrected chi connectivity index (χ3v) is 12.3. The molecule has 356 valence electrons. The van der Waals surface area contributed by atoms with Crippen LogP contribution in [0.4, 0.5) is 0 Å². The van der Waals surface area contributed by atoms with Crippen molar-refractivity contribution in [2.24, 2.45) is 0 Å². The number of aliphatic hydroxyl groups is 7. The third-order valence-electron chi connectivity index (χ3n) is 12.3. The quantitative estimate of drug-likeness (QED) is 0.0218. The molecule has 9 unspecified atom stereocenters. The van der Waals surface area contributed by atoms with Crippen LogP contribution in [0.25, 0.3) is 0 Å². The summed E-state index contributed by atoms with van der Waals surface area (Å²) >= 11 is 0. The van der Waals surface area contributed by atoms with Crippen molar-refractivity contribution in [1.29, 1.82) is 0 Å². The Hall–Kier alpha value is -1.15. The zero-order chi connectivity index (χ0) is 44.1. The Labute approximate surface area is 366 Å². The molecule has 11 nitrogen and oxygen atoms in total. The Kier molecular flexibility index (Phi) is 37.4. The highest BCUT2D eigenvalue weighted by molar-refractivity contribution is 5.80. The molecule has 1 heterocycles. The second kappa shape index (κ2) is 39.4. The maximum Gasteiger partial charge on any atom is 0.249 e. The van der Waals surface area contributed by atoms with Crippen LogP contribution in [0.2, 0.25) is 0 Å². The van der Waals surface area contributed by atoms with E-state index in [0.717, 1.165) is 38.5 Å². The van der Waals surface area contributed by atoms with Gasteiger partial charge >= 0.3 is 0 Å². The first kappa shape index (κ1) is 56.9. The van der Waals surface area contributed by atoms with Crippen molar-refractivity contribution in [1.82, 2.24) is 5.32 Å². The molecule has 0 spiro atoms. The number of carbonyl (C=O) groups is 1. The van der Waals surface area contributed by atoms with Gasteiger partial charge in [-0.1, -0.05) is 199 Å². The SMILES string of the molecule is CCCCCCCCCCCCC/C=C/CCCC(O)C(O)C(COC1OC(CO)C(O)C(O)C1O)NC(=O)C(O)CCCCCCCCCCCCCCCCCCC. The van der Waals surface area contributed by atoms with Gasteiger partial charge in [-0.2, -0.15) is 0 Å². The number of nitrogens with one attached hydrogen (secondary N) is 1. The van der Waals surface area contributed by atoms with Gasteiger partial charge in [0.15, 0.2) is 6.29 Å². The van der Waals surface area contributed by atoms with Crippen LogP contribution < -0.4 is 5.32 Å². The lowest BCUT2D eigenvalue weighted by atomic mass is 9.98. The van der Waals surface area contributed by atoms with E-state index in [9.17, 15) is 40.5 Å². The largest absolute Gasteiger partial charge is 0.394 e. The molecule has 1 aliphatic rings. The van der Waals surface area contributed by atoms with E-state index >= 15 is 0 Å². The maximum atomic E-state index is 13.1. The van der Waals surface area contributed by atoms with E-state index in [1.54, 1.807) is 0 Å². The van der Waals surface area contributed by atoms with Crippen LogP contribution in [-0.4, -0.2) is 110 Å². The van der Waals surface area contributed by atoms with Crippen LogP contribution in [0.5, 0.6) is 0 Å². The highest BCUT2D eigenvalue weighted by atomic mass is 16.7. The third kappa shape index (κ3) is 28.5. The molecule has 0 radical (unpaired) electrons. The van der Waals surface area contributed by atoms with Gasteiger partial charge in [-0.25, -0.2) is 0 Å². The number of ether oxygens (including phenoxy) is 2. The van der Waals surface area contributed by atoms with Gasteiger partial charge < -0.3 is 50.5 Å². The van der Waals surface area contributed by atoms with E-state index < -0.39 is 74.2 Å². The summed E-state index contributed by atoms with van der Waals surface area (Å²) in [6.07, 6.45) is 31.1. The number of amides is 1. The van der Waals surface area contributed by atoms with Crippen LogP contribution in [-0.2, 0) is 14.3 Å². The fraction of sp³-hybridized carbons (Fsp3) is 0.939. The molecule has 1 fully saturated rings. The molecule has 60 heavy (non-hydrogen) atoms. The average Bonchev–Trinajstić information content (AvgIpc) is 3.25. The minimum atomic E-state index is -1.66. The first-order chi connectivity index (χ1) is 29.2. The number of hydrogen-bond donors (Lipinski definition) is 8. The molecule has 9 atom stereocenters. The lowest BCUT2D eigenvalue weighted by molar-refractivity contribution is -0.303. The summed E-state index contributed by atoms with van der Waals surface area (Å²) in [6.45, 7) is 3.44. The normalized spacial score (nSPS) is 21.6. The molecular weight excluding hydrogens is 763 g/mol. The number of rotatable bonds is 42. The monoisotopic (exact) mass is 858 g/mol. The molecule has 1 saturated heterocycles. The zero-order valence-electron chi connectivity index (χ0n) is 38.5. The van der Waals surface area contributed by atoms with Gasteiger partial charge in [0.05, 0.1) is 25.4 Å². The fourth-order valence-electron chi connectivity index (χ4n) is 8.15. The summed E-state index contributed by atoms with van der Waals surface area (Å²) in [5.41, 5.74) is 0. The van der Waals surface area contributed by atoms with Crippen LogP contribution in [0, 0.1) is 0 Å². The Balaban J connectivity index is 2.42. The van der Waals surface area contributed by atoms with E-state index in [1.807, 2.05) is 0 Å². The van der Waals surface area contributed by atoms with Crippen molar-refractivity contribution in [2.45, 2.75) is 281 Å². The van der Waals surface area contributed by atoms with Crippen LogP contribution in [0.3, 0.4) is 0 Å². The van der Waals surface area contributed by atoms with Gasteiger partial charge in [-0.15, -0.1) is 0 Å². The highest BCUT2D eigenvalue weighted by Crippen LogP contribution is 2.23. The van der Waals surface area contributed by atoms with E-state index in [-0.39, 0.29) is 12.8 Å². The predicted octanol–water partition coefficient (Wildman–Crippen LogP) is 8.84. The van der Waals surface area contributed by atoms with Gasteiger partial charge in [-0.3, -0.25) is 4.79 Å². The molecule has 0 aromatic carbocycles. The predicted molar refractivity (Wildman–Crippen MR) is 243 cm³/mol. The van der Waals surface area contributed by atoms with Crippen LogP contribution >= 0.6 is 0 Å². The number of aliphatic hydroxyl groups excluding tert-OH is 7. The Morgan fingerprint density at radius 1 is 0.567 bits per heavy atom. The Morgan fingerprint density at radius 3 is 1.43 bits per heavy atom. The summed E-state index contributed by atoms with van der Waals surface area (Å²) in [5.74, 6) is -0.703. The molecule has 8 N–H and O–H groups in total. The van der Waals surface area contributed by atoms with Gasteiger partial charge in [0.25, 0.3) is 0 Å². The Bertz CT molecular complexity index is 986. The second-order valence-electron chi connectivity index (χ2n) is 17.9. The summed E-state index contributed by atoms with van der Waals surface area (Å²) in [7, 11) is 0. The molecule has 0 bridgehead atoms. The number of hydrogen-bond acceptors (Lipinski definition) is 10. The summed E-state index contributed by atoms with van der Waals surface area (Å²) in [6, 6.07) is -1.18. The molecule has 1 aliphatic heterocycles. The van der Waals surface area contributed by atoms with E-state index in [0.29, 0.717) is 12.8 Å². The molecule has 0 aliphatic carbocycles. The van der Waals surface area contributed by atoms with E-state index in [4.69, 9.17) is 9.47 Å². The Morgan fingerprint density at radius 2 is 0.983 bits per heavy atom. The van der Waals surface area contributed by atoms with Crippen molar-refractivity contribution < 1.29 is 50.0 Å². The number of carbonyl (C=O) groups excluding carboxylic acids is 1. The summed E-state index contributed by atoms with van der Waals surface area (Å²) in [4.78, 5) is 13.1. The number of unbranched alkanes of at least 4 members (excludes halogenated alkanes) is 28. The highest BCUT2D eigenvalue weighted by Gasteiger charge is 2.44. The van der Waals surface area contributed by atoms with Gasteiger partial charge in [-0.05, 0) is 38.5 Å². The van der Waals surface area contributed by atoms with Crippen molar-refractivity contribution in [3.8, 4) is 0 Å². The maximum absolute atomic E-state index is 13.1. The average molecular weight is 858 g/mol. The van der Waals surface area contributed by atoms with E-state index in [2.05, 4.69) is 31.3 Å². The standard InChI is InChI=1S/C49H95NO10/c1-3-5-7-9-11-13-15-17-19-21-23-25-27-29-31-33-35-37-42(53)48(58)50-40(39-59-49-47(57)46(56)45(55)43(38-51)60-49)44(54)41(52)36-34-32-30-28-26-24-22-20-18-16-14-12-10-8-6-4-2/h28,30,40-47,49,51-57H,3-27,29,31-39H2,1-2H3,(H,50,58)/b30-28+. The van der Waals surface area contributed by atoms with Gasteiger partial charge in [0.1, 0.15) is 36.6 Å². The molecule has 0 aromatic heterocycles. The molecule has 1 amide bonds. The molecular formula is C49H95NO10. The van der Waals surface area contributed by atoms with Crippen molar-refractivity contribution >= 4 is 5.91 Å². The second-order valence-corrected chi connectivity index (χ2v) is 17.9. The summed E-state index contributed by atoms with van der Waals surface area (Å²) in [5, 5.41) is 75.8. The lowest BCUT2D eigenvalue weighted by Gasteiger charge is -2.40. The van der Waals surface area contributed by atoms with Gasteiger partial charge in [0, 0.05) is 0 Å². The minimum absolute atomic E-state index is 0.259. The van der Waals surface area contributed by atoms with Crippen molar-refractivity contribution in [3.05, 3.63) is 12.2 Å². The van der Waals surface area contributed by atoms with Crippen molar-refractivity contribution in [3.63, 3.8) is 0 Å². The van der Waals surface area contributed by atoms with E-state index in [1.165, 1.54) is 148 Å². The van der Waals surface area contributed by atoms with Crippen LogP contribution in [0.1, 0.15) is 226 Å². The first-order valence-electron chi connectivity index (χ1n) is 25.1. The minimum Gasteiger partial charge on any atom is -0.394 e. The topological polar surface area (TPSA) is 189 Å². The smallest absolute Gasteiger partial charge is 0.249 e. The van der Waals surface area contributed by atoms with Gasteiger partial charge in [0.2, 0.25) is 5.91 Å². The lowest BCUT2D eigenvalue weighted by Crippen LogP contribution is -2.60. The molecule has 0 saturated carbocycles. The van der Waals surface area contributed by atoms with Crippen molar-refractivity contribution in [2.75, 3.05) is 13.2 Å². The fourth-order valence-corrected chi connectivity index (χ4v) is 8.15. The first-order valence-corrected chi connectivity index (χ1v) is 25.1. The molecule has 0 aromatic rings. The molecule has 11 heteroatoms. The number of allylic oxidation sites excluding steroid dienone is 2. The summed E-state index contributed by atoms with van der Waals surface area (Å²) < 4.78 is 11.1. The zero-order valence-corrected chi connectivity index (χ0v) is 38.5. The van der Waals surface area contributed by atoms with Crippen LogP contribution in [0.15, 0.2) is 12.2 Å². The molecule has 1 rings (SSSR count).